The number of methoxy groups -OCH3 is 1. The third kappa shape index (κ3) is 2.80. The van der Waals surface area contributed by atoms with Crippen molar-refractivity contribution in [3.8, 4) is 5.75 Å². The summed E-state index contributed by atoms with van der Waals surface area (Å²) in [7, 11) is 1.56. The highest BCUT2D eigenvalue weighted by atomic mass is 127. The normalized spacial score (nSPS) is 10.5. The highest BCUT2D eigenvalue weighted by Gasteiger charge is 2.22. The van der Waals surface area contributed by atoms with Crippen LogP contribution >= 0.6 is 22.6 Å². The lowest BCUT2D eigenvalue weighted by Gasteiger charge is -2.08. The first-order valence-corrected chi connectivity index (χ1v) is 7.16. The van der Waals surface area contributed by atoms with E-state index in [1.165, 1.54) is 0 Å². The van der Waals surface area contributed by atoms with Crippen LogP contribution < -0.4 is 4.74 Å². The standard InChI is InChI=1S/C14H15IN2O2/c1-3-8-17-13(12(19-2)9-16-17)14(18)10-6-4-5-7-11(10)15/h4-7,9H,3,8H2,1-2H3. The largest absolute Gasteiger partial charge is 0.493 e. The Bertz CT molecular complexity index is 593. The van der Waals surface area contributed by atoms with E-state index < -0.39 is 0 Å². The first kappa shape index (κ1) is 14.0. The van der Waals surface area contributed by atoms with E-state index in [0.29, 0.717) is 23.6 Å². The number of nitrogens with zero attached hydrogens (tertiary/aromatic N) is 2. The molecule has 0 amide bonds. The van der Waals surface area contributed by atoms with Crippen LogP contribution in [0.3, 0.4) is 0 Å². The lowest BCUT2D eigenvalue weighted by Crippen LogP contribution is -2.13. The highest BCUT2D eigenvalue weighted by molar-refractivity contribution is 14.1. The number of ketones is 1. The van der Waals surface area contributed by atoms with Crippen LogP contribution in [0.4, 0.5) is 0 Å². The van der Waals surface area contributed by atoms with E-state index in [9.17, 15) is 4.79 Å². The molecule has 0 bridgehead atoms. The maximum Gasteiger partial charge on any atom is 0.215 e. The Morgan fingerprint density at radius 2 is 2.16 bits per heavy atom. The second kappa shape index (κ2) is 6.18. The molecular weight excluding hydrogens is 355 g/mol. The SMILES string of the molecule is CCCn1ncc(OC)c1C(=O)c1ccccc1I. The van der Waals surface area contributed by atoms with Gasteiger partial charge in [0, 0.05) is 15.7 Å². The molecule has 100 valence electrons. The molecule has 4 nitrogen and oxygen atoms in total. The number of halogens is 1. The summed E-state index contributed by atoms with van der Waals surface area (Å²) in [5.41, 5.74) is 1.20. The third-order valence-corrected chi connectivity index (χ3v) is 3.74. The van der Waals surface area contributed by atoms with Gasteiger partial charge in [0.25, 0.3) is 0 Å². The molecule has 0 aliphatic rings. The van der Waals surface area contributed by atoms with Crippen LogP contribution in [0.25, 0.3) is 0 Å². The molecule has 1 aromatic carbocycles. The van der Waals surface area contributed by atoms with Crippen molar-refractivity contribution in [2.24, 2.45) is 0 Å². The summed E-state index contributed by atoms with van der Waals surface area (Å²) in [6.07, 6.45) is 2.51. The molecule has 0 fully saturated rings. The molecular formula is C14H15IN2O2. The van der Waals surface area contributed by atoms with Gasteiger partial charge in [-0.25, -0.2) is 0 Å². The van der Waals surface area contributed by atoms with Crippen LogP contribution in [0.15, 0.2) is 30.5 Å². The molecule has 1 heterocycles. The third-order valence-electron chi connectivity index (χ3n) is 2.79. The molecule has 0 saturated heterocycles. The Hall–Kier alpha value is -1.37. The van der Waals surface area contributed by atoms with Crippen molar-refractivity contribution in [1.29, 1.82) is 0 Å². The van der Waals surface area contributed by atoms with Crippen LogP contribution in [0.2, 0.25) is 0 Å². The van der Waals surface area contributed by atoms with Gasteiger partial charge in [-0.1, -0.05) is 19.1 Å². The number of carbonyl (C=O) groups excluding carboxylic acids is 1. The molecule has 1 aromatic heterocycles. The van der Waals surface area contributed by atoms with Crippen molar-refractivity contribution >= 4 is 28.4 Å². The van der Waals surface area contributed by atoms with Crippen LogP contribution in [-0.4, -0.2) is 22.7 Å². The highest BCUT2D eigenvalue weighted by Crippen LogP contribution is 2.23. The predicted octanol–water partition coefficient (Wildman–Crippen LogP) is 3.14. The van der Waals surface area contributed by atoms with Gasteiger partial charge in [0.2, 0.25) is 5.78 Å². The predicted molar refractivity (Wildman–Crippen MR) is 81.7 cm³/mol. The Labute approximate surface area is 125 Å². The average molecular weight is 370 g/mol. The molecule has 19 heavy (non-hydrogen) atoms. The Morgan fingerprint density at radius 1 is 1.42 bits per heavy atom. The van der Waals surface area contributed by atoms with E-state index in [0.717, 1.165) is 9.99 Å². The summed E-state index contributed by atoms with van der Waals surface area (Å²) in [4.78, 5) is 12.7. The Morgan fingerprint density at radius 3 is 2.79 bits per heavy atom. The van der Waals surface area contributed by atoms with Gasteiger partial charge in [-0.15, -0.1) is 0 Å². The Kier molecular flexibility index (Phi) is 4.57. The molecule has 0 radical (unpaired) electrons. The van der Waals surface area contributed by atoms with Gasteiger partial charge in [0.05, 0.1) is 13.3 Å². The summed E-state index contributed by atoms with van der Waals surface area (Å²) >= 11 is 2.17. The topological polar surface area (TPSA) is 44.1 Å². The maximum atomic E-state index is 12.7. The number of carbonyl (C=O) groups is 1. The van der Waals surface area contributed by atoms with E-state index in [1.54, 1.807) is 18.0 Å². The summed E-state index contributed by atoms with van der Waals surface area (Å²) in [5, 5.41) is 4.22. The van der Waals surface area contributed by atoms with E-state index in [4.69, 9.17) is 4.74 Å². The summed E-state index contributed by atoms with van der Waals surface area (Å²) in [6.45, 7) is 2.75. The number of rotatable bonds is 5. The van der Waals surface area contributed by atoms with E-state index >= 15 is 0 Å². The minimum absolute atomic E-state index is 0.0483. The Balaban J connectivity index is 2.48. The second-order valence-corrected chi connectivity index (χ2v) is 5.26. The van der Waals surface area contributed by atoms with Crippen molar-refractivity contribution in [2.45, 2.75) is 19.9 Å². The van der Waals surface area contributed by atoms with E-state index in [-0.39, 0.29) is 5.78 Å². The number of ether oxygens (including phenoxy) is 1. The smallest absolute Gasteiger partial charge is 0.215 e. The van der Waals surface area contributed by atoms with Gasteiger partial charge in [-0.3, -0.25) is 9.48 Å². The van der Waals surface area contributed by atoms with Gasteiger partial charge < -0.3 is 4.74 Å². The van der Waals surface area contributed by atoms with Crippen molar-refractivity contribution in [3.05, 3.63) is 45.3 Å². The van der Waals surface area contributed by atoms with Gasteiger partial charge >= 0.3 is 0 Å². The molecule has 0 N–H and O–H groups in total. The summed E-state index contributed by atoms with van der Waals surface area (Å²) < 4.78 is 7.89. The molecule has 2 aromatic rings. The minimum atomic E-state index is -0.0483. The van der Waals surface area contributed by atoms with Crippen molar-refractivity contribution in [2.75, 3.05) is 7.11 Å². The van der Waals surface area contributed by atoms with Crippen LogP contribution in [-0.2, 0) is 6.54 Å². The number of hydrogen-bond acceptors (Lipinski definition) is 3. The van der Waals surface area contributed by atoms with Gasteiger partial charge in [-0.05, 0) is 41.1 Å². The fourth-order valence-electron chi connectivity index (χ4n) is 1.90. The molecule has 0 unspecified atom stereocenters. The van der Waals surface area contributed by atoms with Crippen molar-refractivity contribution in [1.82, 2.24) is 9.78 Å². The van der Waals surface area contributed by atoms with Gasteiger partial charge in [0.1, 0.15) is 0 Å². The summed E-state index contributed by atoms with van der Waals surface area (Å²) in [6, 6.07) is 7.52. The van der Waals surface area contributed by atoms with Crippen LogP contribution in [0.5, 0.6) is 5.75 Å². The fraction of sp³-hybridized carbons (Fsp3) is 0.286. The van der Waals surface area contributed by atoms with Gasteiger partial charge in [0.15, 0.2) is 11.4 Å². The molecule has 0 atom stereocenters. The van der Waals surface area contributed by atoms with E-state index in [1.807, 2.05) is 24.3 Å². The van der Waals surface area contributed by atoms with Crippen LogP contribution in [0, 0.1) is 3.57 Å². The molecule has 2 rings (SSSR count). The molecule has 0 aliphatic heterocycles. The molecule has 0 spiro atoms. The lowest BCUT2D eigenvalue weighted by molar-refractivity contribution is 0.102. The zero-order chi connectivity index (χ0) is 13.8. The number of benzene rings is 1. The molecule has 0 aliphatic carbocycles. The number of aromatic nitrogens is 2. The first-order valence-electron chi connectivity index (χ1n) is 6.08. The molecule has 0 saturated carbocycles. The second-order valence-electron chi connectivity index (χ2n) is 4.09. The number of hydrogen-bond donors (Lipinski definition) is 0. The number of aryl methyl sites for hydroxylation is 1. The zero-order valence-electron chi connectivity index (χ0n) is 10.9. The fourth-order valence-corrected chi connectivity index (χ4v) is 2.53. The van der Waals surface area contributed by atoms with Gasteiger partial charge in [-0.2, -0.15) is 5.10 Å². The van der Waals surface area contributed by atoms with Crippen molar-refractivity contribution in [3.63, 3.8) is 0 Å². The lowest BCUT2D eigenvalue weighted by atomic mass is 10.1. The first-order chi connectivity index (χ1) is 9.19. The van der Waals surface area contributed by atoms with Crippen LogP contribution in [0.1, 0.15) is 29.4 Å². The summed E-state index contributed by atoms with van der Waals surface area (Å²) in [5.74, 6) is 0.478. The molecule has 5 heteroatoms. The minimum Gasteiger partial charge on any atom is -0.493 e. The monoisotopic (exact) mass is 370 g/mol. The van der Waals surface area contributed by atoms with E-state index in [2.05, 4.69) is 34.6 Å². The quantitative estimate of drug-likeness (QED) is 0.600. The van der Waals surface area contributed by atoms with Crippen molar-refractivity contribution < 1.29 is 9.53 Å². The maximum absolute atomic E-state index is 12.7. The zero-order valence-corrected chi connectivity index (χ0v) is 13.0. The average Bonchev–Trinajstić information content (AvgIpc) is 2.82.